The van der Waals surface area contributed by atoms with E-state index in [1.807, 2.05) is 0 Å². The van der Waals surface area contributed by atoms with Gasteiger partial charge in [0.25, 0.3) is 5.56 Å². The van der Waals surface area contributed by atoms with E-state index in [-0.39, 0.29) is 24.3 Å². The van der Waals surface area contributed by atoms with Crippen LogP contribution in [0, 0.1) is 11.6 Å². The van der Waals surface area contributed by atoms with Crippen LogP contribution in [-0.2, 0) is 6.42 Å². The van der Waals surface area contributed by atoms with E-state index in [4.69, 9.17) is 0 Å². The molecule has 8 nitrogen and oxygen atoms in total. The number of halogens is 2. The van der Waals surface area contributed by atoms with Crippen molar-refractivity contribution in [2.24, 2.45) is 0 Å². The summed E-state index contributed by atoms with van der Waals surface area (Å²) in [6, 6.07) is 13.7. The van der Waals surface area contributed by atoms with Gasteiger partial charge in [-0.05, 0) is 60.5 Å². The highest BCUT2D eigenvalue weighted by Crippen LogP contribution is 2.29. The molecule has 10 heteroatoms. The van der Waals surface area contributed by atoms with Crippen molar-refractivity contribution in [2.75, 3.05) is 11.4 Å². The number of fused-ring (bicyclic) bond motifs is 2. The van der Waals surface area contributed by atoms with Gasteiger partial charge in [0, 0.05) is 23.9 Å². The van der Waals surface area contributed by atoms with Crippen LogP contribution in [0.25, 0.3) is 32.9 Å². The first-order valence-electron chi connectivity index (χ1n) is 10.8. The second kappa shape index (κ2) is 8.64. The largest absolute Gasteiger partial charge is 0.465 e. The Kier molecular flexibility index (Phi) is 5.48. The van der Waals surface area contributed by atoms with Gasteiger partial charge >= 0.3 is 6.09 Å². The van der Waals surface area contributed by atoms with Crippen LogP contribution >= 0.6 is 0 Å². The molecule has 0 spiro atoms. The zero-order chi connectivity index (χ0) is 24.7. The topological polar surface area (TPSA) is 115 Å². The quantitative estimate of drug-likeness (QED) is 0.337. The van der Waals surface area contributed by atoms with Gasteiger partial charge in [-0.25, -0.2) is 28.6 Å². The number of amides is 1. The van der Waals surface area contributed by atoms with Crippen molar-refractivity contribution in [2.45, 2.75) is 13.3 Å². The zero-order valence-corrected chi connectivity index (χ0v) is 18.5. The van der Waals surface area contributed by atoms with E-state index in [2.05, 4.69) is 20.2 Å². The number of anilines is 1. The second-order valence-electron chi connectivity index (χ2n) is 8.00. The van der Waals surface area contributed by atoms with E-state index in [0.29, 0.717) is 33.2 Å². The molecule has 0 aliphatic rings. The molecule has 176 valence electrons. The van der Waals surface area contributed by atoms with Crippen LogP contribution in [0.1, 0.15) is 18.2 Å². The maximum atomic E-state index is 14.8. The number of benzene rings is 3. The summed E-state index contributed by atoms with van der Waals surface area (Å²) < 4.78 is 28.4. The third-order valence-electron chi connectivity index (χ3n) is 5.82. The Morgan fingerprint density at radius 1 is 1.06 bits per heavy atom. The highest BCUT2D eigenvalue weighted by molar-refractivity contribution is 5.89. The second-order valence-corrected chi connectivity index (χ2v) is 8.00. The highest BCUT2D eigenvalue weighted by Gasteiger charge is 2.17. The van der Waals surface area contributed by atoms with Crippen LogP contribution in [-0.4, -0.2) is 37.9 Å². The molecule has 1 amide bonds. The van der Waals surface area contributed by atoms with Crippen LogP contribution in [0.2, 0.25) is 0 Å². The molecule has 0 atom stereocenters. The summed E-state index contributed by atoms with van der Waals surface area (Å²) in [6.07, 6.45) is -0.845. The first-order chi connectivity index (χ1) is 16.8. The lowest BCUT2D eigenvalue weighted by molar-refractivity contribution is 0.202. The molecule has 3 aromatic carbocycles. The Balaban J connectivity index is 1.53. The summed E-state index contributed by atoms with van der Waals surface area (Å²) >= 11 is 0. The number of aromatic nitrogens is 4. The Labute approximate surface area is 196 Å². The van der Waals surface area contributed by atoms with Crippen LogP contribution in [0.4, 0.5) is 19.5 Å². The molecule has 0 aliphatic carbocycles. The number of H-pyrrole nitrogens is 2. The number of carbonyl (C=O) groups is 1. The number of rotatable bonds is 5. The van der Waals surface area contributed by atoms with Crippen molar-refractivity contribution >= 4 is 33.8 Å². The van der Waals surface area contributed by atoms with Gasteiger partial charge < -0.3 is 10.1 Å². The van der Waals surface area contributed by atoms with Crippen molar-refractivity contribution in [3.8, 4) is 11.1 Å². The number of imidazole rings is 1. The summed E-state index contributed by atoms with van der Waals surface area (Å²) in [5, 5.41) is 16.6. The first-order valence-corrected chi connectivity index (χ1v) is 10.8. The SMILES string of the molecule is CCN(C(=O)O)c1nc2cc(-c3cc(Cc4n[nH]c(=O)c5cc(F)ccc45)ccc3F)ccc2[nH]1. The van der Waals surface area contributed by atoms with Gasteiger partial charge in [0.15, 0.2) is 0 Å². The van der Waals surface area contributed by atoms with E-state index >= 15 is 0 Å². The monoisotopic (exact) mass is 475 g/mol. The molecular formula is C25H19F2N5O3. The van der Waals surface area contributed by atoms with Crippen LogP contribution in [0.3, 0.4) is 0 Å². The Morgan fingerprint density at radius 3 is 2.66 bits per heavy atom. The minimum Gasteiger partial charge on any atom is -0.465 e. The average molecular weight is 475 g/mol. The highest BCUT2D eigenvalue weighted by atomic mass is 19.1. The molecule has 35 heavy (non-hydrogen) atoms. The van der Waals surface area contributed by atoms with Crippen molar-refractivity contribution in [1.29, 1.82) is 0 Å². The van der Waals surface area contributed by atoms with Crippen molar-refractivity contribution in [1.82, 2.24) is 20.2 Å². The predicted molar refractivity (Wildman–Crippen MR) is 128 cm³/mol. The van der Waals surface area contributed by atoms with Gasteiger partial charge in [-0.2, -0.15) is 5.10 Å². The average Bonchev–Trinajstić information content (AvgIpc) is 3.25. The Morgan fingerprint density at radius 2 is 1.89 bits per heavy atom. The summed E-state index contributed by atoms with van der Waals surface area (Å²) in [5.41, 5.74) is 2.79. The molecule has 5 rings (SSSR count). The van der Waals surface area contributed by atoms with Gasteiger partial charge in [0.1, 0.15) is 11.6 Å². The molecule has 2 heterocycles. The molecule has 0 bridgehead atoms. The third-order valence-corrected chi connectivity index (χ3v) is 5.82. The maximum absolute atomic E-state index is 14.8. The van der Waals surface area contributed by atoms with E-state index in [1.165, 1.54) is 18.2 Å². The van der Waals surface area contributed by atoms with Gasteiger partial charge in [-0.15, -0.1) is 0 Å². The lowest BCUT2D eigenvalue weighted by Gasteiger charge is -2.12. The number of nitrogens with one attached hydrogen (secondary N) is 2. The Bertz CT molecular complexity index is 1660. The summed E-state index contributed by atoms with van der Waals surface area (Å²) in [7, 11) is 0. The summed E-state index contributed by atoms with van der Waals surface area (Å²) in [6.45, 7) is 1.92. The number of aromatic amines is 2. The minimum atomic E-state index is -1.13. The van der Waals surface area contributed by atoms with E-state index in [9.17, 15) is 23.5 Å². The smallest absolute Gasteiger partial charge is 0.414 e. The van der Waals surface area contributed by atoms with Gasteiger partial charge in [0.05, 0.1) is 22.1 Å². The normalized spacial score (nSPS) is 11.3. The first kappa shape index (κ1) is 22.2. The van der Waals surface area contributed by atoms with Crippen LogP contribution in [0.5, 0.6) is 0 Å². The number of hydrogen-bond acceptors (Lipinski definition) is 4. The molecule has 0 saturated heterocycles. The number of carboxylic acid groups (broad SMARTS) is 1. The maximum Gasteiger partial charge on any atom is 0.414 e. The van der Waals surface area contributed by atoms with Crippen LogP contribution < -0.4 is 10.5 Å². The van der Waals surface area contributed by atoms with Crippen LogP contribution in [0.15, 0.2) is 59.4 Å². The molecule has 0 radical (unpaired) electrons. The van der Waals surface area contributed by atoms with Gasteiger partial charge in [-0.3, -0.25) is 4.79 Å². The molecule has 5 aromatic rings. The summed E-state index contributed by atoms with van der Waals surface area (Å²) in [5.74, 6) is -0.772. The van der Waals surface area contributed by atoms with Crippen molar-refractivity contribution in [3.63, 3.8) is 0 Å². The molecule has 0 saturated carbocycles. The third kappa shape index (κ3) is 4.10. The zero-order valence-electron chi connectivity index (χ0n) is 18.5. The lowest BCUT2D eigenvalue weighted by atomic mass is 9.98. The van der Waals surface area contributed by atoms with Crippen molar-refractivity contribution < 1.29 is 18.7 Å². The standard InChI is InChI=1S/C25H19F2N5O3/c1-2-32(25(34)35)24-28-20-8-4-14(11-22(20)29-24)17-9-13(3-7-19(17)27)10-21-16-6-5-15(26)12-18(16)23(33)31-30-21/h3-9,11-12H,2,10H2,1H3,(H,28,29)(H,31,33)(H,34,35). The van der Waals surface area contributed by atoms with Gasteiger partial charge in [-0.1, -0.05) is 12.1 Å². The fraction of sp³-hybridized carbons (Fsp3) is 0.120. The Hall–Kier alpha value is -4.60. The fourth-order valence-electron chi connectivity index (χ4n) is 4.09. The lowest BCUT2D eigenvalue weighted by Crippen LogP contribution is -2.29. The van der Waals surface area contributed by atoms with Gasteiger partial charge in [0.2, 0.25) is 5.95 Å². The van der Waals surface area contributed by atoms with E-state index < -0.39 is 23.3 Å². The fourth-order valence-corrected chi connectivity index (χ4v) is 4.09. The molecule has 0 fully saturated rings. The summed E-state index contributed by atoms with van der Waals surface area (Å²) in [4.78, 5) is 31.9. The number of hydrogen-bond donors (Lipinski definition) is 3. The van der Waals surface area contributed by atoms with E-state index in [1.54, 1.807) is 37.3 Å². The number of nitrogens with zero attached hydrogens (tertiary/aromatic N) is 3. The molecule has 3 N–H and O–H groups in total. The molecule has 0 aliphatic heterocycles. The van der Waals surface area contributed by atoms with Crippen molar-refractivity contribution in [3.05, 3.63) is 87.8 Å². The van der Waals surface area contributed by atoms with E-state index in [0.717, 1.165) is 16.5 Å². The minimum absolute atomic E-state index is 0.189. The molecule has 0 unspecified atom stereocenters. The molecular weight excluding hydrogens is 456 g/mol. The molecule has 2 aromatic heterocycles. The predicted octanol–water partition coefficient (Wildman–Crippen LogP) is 4.84.